The zero-order chi connectivity index (χ0) is 37.8. The van der Waals surface area contributed by atoms with Crippen LogP contribution in [-0.2, 0) is 0 Å². The van der Waals surface area contributed by atoms with Gasteiger partial charge in [0.15, 0.2) is 11.6 Å². The first-order valence-corrected chi connectivity index (χ1v) is 17.4. The van der Waals surface area contributed by atoms with Crippen LogP contribution in [0.3, 0.4) is 0 Å². The third kappa shape index (κ3) is 4.24. The van der Waals surface area contributed by atoms with E-state index in [9.17, 15) is 0 Å². The minimum absolute atomic E-state index is 0.0142. The van der Waals surface area contributed by atoms with Gasteiger partial charge < -0.3 is 4.57 Å². The molecule has 0 saturated heterocycles. The second-order valence-corrected chi connectivity index (χ2v) is 13.6. The van der Waals surface area contributed by atoms with E-state index in [2.05, 4.69) is 89.5 Å². The zero-order valence-electron chi connectivity index (χ0n) is 31.8. The van der Waals surface area contributed by atoms with Crippen LogP contribution in [0.4, 0.5) is 0 Å². The molecule has 4 heterocycles. The molecule has 0 bridgehead atoms. The lowest BCUT2D eigenvalue weighted by molar-refractivity contribution is 0.953. The molecule has 0 unspecified atom stereocenters. The van der Waals surface area contributed by atoms with Crippen LogP contribution < -0.4 is 0 Å². The number of aromatic nitrogens is 5. The summed E-state index contributed by atoms with van der Waals surface area (Å²) in [7, 11) is 0. The van der Waals surface area contributed by atoms with Crippen LogP contribution in [0.5, 0.6) is 0 Å². The first kappa shape index (κ1) is 23.7. The molecular weight excluding hydrogens is 643 g/mol. The van der Waals surface area contributed by atoms with E-state index in [1.54, 1.807) is 11.3 Å². The standard InChI is InChI=1S/C45H27N5S/c1-3-13-28(14-4-1)43-46-44(29-15-5-2-6-16-29)48-45(47-43)50-38-21-11-8-18-32(38)36-26-25-35-31-17-7-10-20-37(31)49(41(35)42(36)50)30-23-24-34-33-19-9-12-22-39(33)51-40(34)27-30/h1-27H/i1D,3D,4D,13D,14D. The Morgan fingerprint density at radius 3 is 1.76 bits per heavy atom. The molecule has 0 aliphatic rings. The van der Waals surface area contributed by atoms with Gasteiger partial charge >= 0.3 is 0 Å². The van der Waals surface area contributed by atoms with Gasteiger partial charge in [-0.1, -0.05) is 133 Å². The van der Waals surface area contributed by atoms with Gasteiger partial charge in [-0.15, -0.1) is 11.3 Å². The molecular formula is C45H27N5S. The van der Waals surface area contributed by atoms with Crippen LogP contribution in [0.1, 0.15) is 6.85 Å². The Kier molecular flexibility index (Phi) is 5.08. The van der Waals surface area contributed by atoms with Crippen molar-refractivity contribution in [1.82, 2.24) is 24.1 Å². The van der Waals surface area contributed by atoms with Crippen molar-refractivity contribution in [3.8, 4) is 34.4 Å². The first-order chi connectivity index (χ1) is 27.4. The largest absolute Gasteiger partial charge is 0.307 e. The lowest BCUT2D eigenvalue weighted by Crippen LogP contribution is -2.07. The Hall–Kier alpha value is -6.63. The monoisotopic (exact) mass is 674 g/mol. The normalized spacial score (nSPS) is 13.3. The lowest BCUT2D eigenvalue weighted by atomic mass is 10.1. The van der Waals surface area contributed by atoms with E-state index in [1.807, 2.05) is 53.1 Å². The van der Waals surface area contributed by atoms with Crippen LogP contribution in [0.25, 0.3) is 98.2 Å². The Morgan fingerprint density at radius 2 is 1.02 bits per heavy atom. The summed E-state index contributed by atoms with van der Waals surface area (Å²) in [6.45, 7) is 0. The molecule has 0 aliphatic carbocycles. The van der Waals surface area contributed by atoms with E-state index in [4.69, 9.17) is 21.8 Å². The Balaban J connectivity index is 1.29. The Labute approximate surface area is 303 Å². The minimum Gasteiger partial charge on any atom is -0.307 e. The third-order valence-electron chi connectivity index (χ3n) is 9.67. The van der Waals surface area contributed by atoms with Gasteiger partial charge in [0.05, 0.1) is 28.9 Å². The molecule has 7 aromatic carbocycles. The second-order valence-electron chi connectivity index (χ2n) is 12.5. The van der Waals surface area contributed by atoms with Crippen molar-refractivity contribution in [2.75, 3.05) is 0 Å². The van der Waals surface area contributed by atoms with E-state index < -0.39 is 18.1 Å². The number of nitrogens with zero attached hydrogens (tertiary/aromatic N) is 5. The van der Waals surface area contributed by atoms with E-state index in [1.165, 1.54) is 20.2 Å². The number of fused-ring (bicyclic) bond motifs is 10. The molecule has 6 heteroatoms. The average molecular weight is 675 g/mol. The molecule has 5 nitrogen and oxygen atoms in total. The summed E-state index contributed by atoms with van der Waals surface area (Å²) in [5, 5.41) is 6.59. The molecule has 0 amide bonds. The number of rotatable bonds is 4. The van der Waals surface area contributed by atoms with Crippen LogP contribution in [-0.4, -0.2) is 24.1 Å². The van der Waals surface area contributed by atoms with Crippen molar-refractivity contribution in [3.05, 3.63) is 164 Å². The highest BCUT2D eigenvalue weighted by molar-refractivity contribution is 7.25. The molecule has 0 atom stereocenters. The number of para-hydroxylation sites is 2. The highest BCUT2D eigenvalue weighted by Crippen LogP contribution is 2.43. The third-order valence-corrected chi connectivity index (χ3v) is 10.8. The summed E-state index contributed by atoms with van der Waals surface area (Å²) in [6, 6.07) is 43.3. The molecule has 0 spiro atoms. The lowest BCUT2D eigenvalue weighted by Gasteiger charge is -2.13. The van der Waals surface area contributed by atoms with Gasteiger partial charge in [0.25, 0.3) is 0 Å². The summed E-state index contributed by atoms with van der Waals surface area (Å²) in [5.41, 5.74) is 5.35. The van der Waals surface area contributed by atoms with Crippen molar-refractivity contribution >= 4 is 75.1 Å². The second kappa shape index (κ2) is 10.9. The summed E-state index contributed by atoms with van der Waals surface area (Å²) in [5.74, 6) is 0.558. The molecule has 4 aromatic heterocycles. The topological polar surface area (TPSA) is 48.5 Å². The van der Waals surface area contributed by atoms with Crippen molar-refractivity contribution in [2.45, 2.75) is 0 Å². The van der Waals surface area contributed by atoms with Crippen LogP contribution in [0.2, 0.25) is 0 Å². The fraction of sp³-hybridized carbons (Fsp3) is 0. The first-order valence-electron chi connectivity index (χ1n) is 19.1. The zero-order valence-corrected chi connectivity index (χ0v) is 27.7. The average Bonchev–Trinajstić information content (AvgIpc) is 3.90. The van der Waals surface area contributed by atoms with Crippen LogP contribution in [0.15, 0.2) is 164 Å². The molecule has 0 fully saturated rings. The van der Waals surface area contributed by atoms with Crippen molar-refractivity contribution < 1.29 is 6.85 Å². The molecule has 51 heavy (non-hydrogen) atoms. The van der Waals surface area contributed by atoms with Crippen LogP contribution >= 0.6 is 11.3 Å². The van der Waals surface area contributed by atoms with Gasteiger partial charge in [-0.2, -0.15) is 9.97 Å². The van der Waals surface area contributed by atoms with Gasteiger partial charge in [0.1, 0.15) is 0 Å². The highest BCUT2D eigenvalue weighted by atomic mass is 32.1. The Bertz CT molecular complexity index is 3410. The summed E-state index contributed by atoms with van der Waals surface area (Å²) in [6.07, 6.45) is 0. The Morgan fingerprint density at radius 1 is 0.451 bits per heavy atom. The van der Waals surface area contributed by atoms with E-state index >= 15 is 0 Å². The summed E-state index contributed by atoms with van der Waals surface area (Å²) >= 11 is 1.78. The number of thiophene rings is 1. The van der Waals surface area contributed by atoms with Crippen molar-refractivity contribution in [3.63, 3.8) is 0 Å². The molecule has 0 aliphatic heterocycles. The van der Waals surface area contributed by atoms with Gasteiger partial charge in [0.2, 0.25) is 5.95 Å². The molecule has 0 saturated carbocycles. The maximum absolute atomic E-state index is 8.86. The predicted octanol–water partition coefficient (Wildman–Crippen LogP) is 11.8. The molecule has 0 N–H and O–H groups in total. The number of hydrogen-bond donors (Lipinski definition) is 0. The molecule has 238 valence electrons. The molecule has 11 aromatic rings. The SMILES string of the molecule is [2H]c1c([2H])c([2H])c(-c2nc(-c3ccccc3)nc(-n3c4ccccc4c4ccc5c6ccccc6n(-c6ccc7c(c6)sc6ccccc67)c5c43)n2)c([2H])c1[2H]. The number of hydrogen-bond acceptors (Lipinski definition) is 4. The maximum atomic E-state index is 8.86. The maximum Gasteiger partial charge on any atom is 0.238 e. The fourth-order valence-electron chi connectivity index (χ4n) is 7.48. The fourth-order valence-corrected chi connectivity index (χ4v) is 8.62. The summed E-state index contributed by atoms with van der Waals surface area (Å²) in [4.78, 5) is 14.9. The van der Waals surface area contributed by atoms with E-state index in [-0.39, 0.29) is 29.4 Å². The van der Waals surface area contributed by atoms with Crippen LogP contribution in [0, 0.1) is 0 Å². The highest BCUT2D eigenvalue weighted by Gasteiger charge is 2.23. The number of benzene rings is 7. The van der Waals surface area contributed by atoms with Gasteiger partial charge in [-0.25, -0.2) is 4.98 Å². The molecule has 11 rings (SSSR count). The minimum atomic E-state index is -0.479. The van der Waals surface area contributed by atoms with Crippen molar-refractivity contribution in [1.29, 1.82) is 0 Å². The molecule has 0 radical (unpaired) electrons. The predicted molar refractivity (Wildman–Crippen MR) is 212 cm³/mol. The smallest absolute Gasteiger partial charge is 0.238 e. The van der Waals surface area contributed by atoms with Crippen molar-refractivity contribution in [2.24, 2.45) is 0 Å². The van der Waals surface area contributed by atoms with E-state index in [0.717, 1.165) is 49.3 Å². The van der Waals surface area contributed by atoms with Gasteiger partial charge in [0, 0.05) is 58.5 Å². The van der Waals surface area contributed by atoms with Gasteiger partial charge in [-0.05, 0) is 30.3 Å². The quantitative estimate of drug-likeness (QED) is 0.187. The van der Waals surface area contributed by atoms with Gasteiger partial charge in [-0.3, -0.25) is 4.57 Å². The summed E-state index contributed by atoms with van der Waals surface area (Å²) < 4.78 is 49.7. The van der Waals surface area contributed by atoms with E-state index in [0.29, 0.717) is 11.4 Å².